The van der Waals surface area contributed by atoms with Gasteiger partial charge in [0.05, 0.1) is 6.54 Å². The summed E-state index contributed by atoms with van der Waals surface area (Å²) in [5, 5.41) is 7.24. The van der Waals surface area contributed by atoms with Gasteiger partial charge in [-0.1, -0.05) is 6.92 Å². The smallest absolute Gasteiger partial charge is 0.127 e. The summed E-state index contributed by atoms with van der Waals surface area (Å²) < 4.78 is 20.8. The summed E-state index contributed by atoms with van der Waals surface area (Å²) in [7, 11) is 0. The van der Waals surface area contributed by atoms with Crippen LogP contribution in [-0.4, -0.2) is 22.9 Å². The van der Waals surface area contributed by atoms with Crippen molar-refractivity contribution < 1.29 is 9.13 Å². The van der Waals surface area contributed by atoms with Gasteiger partial charge in [-0.25, -0.2) is 4.39 Å². The minimum absolute atomic E-state index is 0.274. The Morgan fingerprint density at radius 2 is 2.26 bits per heavy atom. The zero-order valence-corrected chi connectivity index (χ0v) is 11.0. The number of hydrogen-bond acceptors (Lipinski definition) is 3. The normalized spacial score (nSPS) is 10.6. The molecule has 0 aliphatic carbocycles. The molecule has 0 saturated carbocycles. The highest BCUT2D eigenvalue weighted by molar-refractivity contribution is 5.29. The zero-order valence-electron chi connectivity index (χ0n) is 11.0. The van der Waals surface area contributed by atoms with E-state index in [-0.39, 0.29) is 5.82 Å². The predicted octanol–water partition coefficient (Wildman–Crippen LogP) is 2.21. The summed E-state index contributed by atoms with van der Waals surface area (Å²) in [6.45, 7) is 4.62. The van der Waals surface area contributed by atoms with E-state index in [4.69, 9.17) is 4.74 Å². The van der Waals surface area contributed by atoms with Crippen LogP contribution >= 0.6 is 0 Å². The third kappa shape index (κ3) is 4.37. The molecule has 1 aromatic heterocycles. The van der Waals surface area contributed by atoms with Crippen LogP contribution in [0.1, 0.15) is 12.5 Å². The standard InChI is InChI=1S/C14H18FN3O/c1-2-16-11-12-8-13(15)10-14(9-12)19-7-6-18-5-3-4-17-18/h3-5,8-10,16H,2,6-7,11H2,1H3. The van der Waals surface area contributed by atoms with Crippen LogP contribution in [0.3, 0.4) is 0 Å². The molecule has 0 bridgehead atoms. The van der Waals surface area contributed by atoms with E-state index in [1.54, 1.807) is 10.9 Å². The first-order chi connectivity index (χ1) is 9.28. The van der Waals surface area contributed by atoms with E-state index in [1.165, 1.54) is 12.1 Å². The van der Waals surface area contributed by atoms with Gasteiger partial charge in [0.15, 0.2) is 0 Å². The first kappa shape index (κ1) is 13.5. The number of hydrogen-bond donors (Lipinski definition) is 1. The molecule has 2 aromatic rings. The highest BCUT2D eigenvalue weighted by Crippen LogP contribution is 2.16. The van der Waals surface area contributed by atoms with E-state index >= 15 is 0 Å². The molecule has 5 heteroatoms. The van der Waals surface area contributed by atoms with Gasteiger partial charge in [-0.2, -0.15) is 5.10 Å². The van der Waals surface area contributed by atoms with Crippen molar-refractivity contribution in [3.05, 3.63) is 48.0 Å². The van der Waals surface area contributed by atoms with Crippen molar-refractivity contribution in [3.63, 3.8) is 0 Å². The second-order valence-electron chi connectivity index (χ2n) is 4.19. The van der Waals surface area contributed by atoms with E-state index in [0.29, 0.717) is 25.4 Å². The molecule has 0 spiro atoms. The highest BCUT2D eigenvalue weighted by Gasteiger charge is 2.02. The average Bonchev–Trinajstić information content (AvgIpc) is 2.89. The Labute approximate surface area is 112 Å². The maximum absolute atomic E-state index is 13.4. The van der Waals surface area contributed by atoms with Gasteiger partial charge in [0.25, 0.3) is 0 Å². The van der Waals surface area contributed by atoms with Crippen molar-refractivity contribution in [1.29, 1.82) is 0 Å². The maximum atomic E-state index is 13.4. The molecule has 1 N–H and O–H groups in total. The van der Waals surface area contributed by atoms with E-state index < -0.39 is 0 Å². The first-order valence-electron chi connectivity index (χ1n) is 6.38. The Morgan fingerprint density at radius 1 is 1.37 bits per heavy atom. The molecule has 1 aromatic carbocycles. The lowest BCUT2D eigenvalue weighted by atomic mass is 10.2. The summed E-state index contributed by atoms with van der Waals surface area (Å²) >= 11 is 0. The largest absolute Gasteiger partial charge is 0.492 e. The SMILES string of the molecule is CCNCc1cc(F)cc(OCCn2cccn2)c1. The summed E-state index contributed by atoms with van der Waals surface area (Å²) in [6, 6.07) is 6.63. The third-order valence-electron chi connectivity index (χ3n) is 2.66. The molecule has 2 rings (SSSR count). The van der Waals surface area contributed by atoms with Gasteiger partial charge in [-0.05, 0) is 30.3 Å². The van der Waals surface area contributed by atoms with E-state index in [9.17, 15) is 4.39 Å². The van der Waals surface area contributed by atoms with E-state index in [1.807, 2.05) is 25.3 Å². The fourth-order valence-electron chi connectivity index (χ4n) is 1.77. The Hall–Kier alpha value is -1.88. The highest BCUT2D eigenvalue weighted by atomic mass is 19.1. The van der Waals surface area contributed by atoms with Gasteiger partial charge in [-0.3, -0.25) is 4.68 Å². The quantitative estimate of drug-likeness (QED) is 0.832. The Balaban J connectivity index is 1.90. The summed E-state index contributed by atoms with van der Waals surface area (Å²) in [4.78, 5) is 0. The lowest BCUT2D eigenvalue weighted by molar-refractivity contribution is 0.289. The van der Waals surface area contributed by atoms with Crippen LogP contribution in [0.15, 0.2) is 36.7 Å². The topological polar surface area (TPSA) is 39.1 Å². The van der Waals surface area contributed by atoms with Crippen LogP contribution < -0.4 is 10.1 Å². The molecule has 102 valence electrons. The first-order valence-corrected chi connectivity index (χ1v) is 6.38. The molecular weight excluding hydrogens is 245 g/mol. The molecule has 4 nitrogen and oxygen atoms in total. The Bertz CT molecular complexity index is 499. The second kappa shape index (κ2) is 6.89. The summed E-state index contributed by atoms with van der Waals surface area (Å²) in [6.07, 6.45) is 3.59. The number of nitrogens with one attached hydrogen (secondary N) is 1. The van der Waals surface area contributed by atoms with E-state index in [2.05, 4.69) is 10.4 Å². The van der Waals surface area contributed by atoms with Gasteiger partial charge in [0.1, 0.15) is 18.2 Å². The lowest BCUT2D eigenvalue weighted by Crippen LogP contribution is -2.12. The zero-order chi connectivity index (χ0) is 13.5. The van der Waals surface area contributed by atoms with Crippen molar-refractivity contribution >= 4 is 0 Å². The molecule has 0 unspecified atom stereocenters. The average molecular weight is 263 g/mol. The van der Waals surface area contributed by atoms with Gasteiger partial charge in [0, 0.05) is 25.0 Å². The lowest BCUT2D eigenvalue weighted by Gasteiger charge is -2.09. The number of aromatic nitrogens is 2. The molecule has 0 atom stereocenters. The summed E-state index contributed by atoms with van der Waals surface area (Å²) in [5.74, 6) is 0.282. The van der Waals surface area contributed by atoms with Crippen LogP contribution in [-0.2, 0) is 13.1 Å². The molecule has 0 amide bonds. The Kier molecular flexibility index (Phi) is 4.92. The van der Waals surface area contributed by atoms with Crippen molar-refractivity contribution in [2.75, 3.05) is 13.2 Å². The van der Waals surface area contributed by atoms with Crippen molar-refractivity contribution in [2.45, 2.75) is 20.0 Å². The number of nitrogens with zero attached hydrogens (tertiary/aromatic N) is 2. The van der Waals surface area contributed by atoms with Crippen LogP contribution in [0.5, 0.6) is 5.75 Å². The fourth-order valence-corrected chi connectivity index (χ4v) is 1.77. The number of benzene rings is 1. The van der Waals surface area contributed by atoms with Crippen LogP contribution in [0, 0.1) is 5.82 Å². The van der Waals surface area contributed by atoms with Gasteiger partial charge >= 0.3 is 0 Å². The van der Waals surface area contributed by atoms with Crippen LogP contribution in [0.25, 0.3) is 0 Å². The van der Waals surface area contributed by atoms with Crippen LogP contribution in [0.4, 0.5) is 4.39 Å². The predicted molar refractivity (Wildman–Crippen MR) is 71.5 cm³/mol. The van der Waals surface area contributed by atoms with Crippen LogP contribution in [0.2, 0.25) is 0 Å². The molecular formula is C14H18FN3O. The molecule has 1 heterocycles. The molecule has 0 radical (unpaired) electrons. The number of halogens is 1. The molecule has 0 aliphatic heterocycles. The monoisotopic (exact) mass is 263 g/mol. The molecule has 0 fully saturated rings. The minimum atomic E-state index is -0.274. The number of rotatable bonds is 7. The number of ether oxygens (including phenoxy) is 1. The van der Waals surface area contributed by atoms with Gasteiger partial charge in [0.2, 0.25) is 0 Å². The van der Waals surface area contributed by atoms with Gasteiger partial charge in [-0.15, -0.1) is 0 Å². The van der Waals surface area contributed by atoms with Gasteiger partial charge < -0.3 is 10.1 Å². The van der Waals surface area contributed by atoms with Crippen molar-refractivity contribution in [3.8, 4) is 5.75 Å². The van der Waals surface area contributed by atoms with Crippen molar-refractivity contribution in [1.82, 2.24) is 15.1 Å². The molecule has 19 heavy (non-hydrogen) atoms. The minimum Gasteiger partial charge on any atom is -0.492 e. The second-order valence-corrected chi connectivity index (χ2v) is 4.19. The van der Waals surface area contributed by atoms with E-state index in [0.717, 1.165) is 12.1 Å². The summed E-state index contributed by atoms with van der Waals surface area (Å²) in [5.41, 5.74) is 0.885. The molecule has 0 aliphatic rings. The maximum Gasteiger partial charge on any atom is 0.127 e. The van der Waals surface area contributed by atoms with Crippen molar-refractivity contribution in [2.24, 2.45) is 0 Å². The Morgan fingerprint density at radius 3 is 3.00 bits per heavy atom. The third-order valence-corrected chi connectivity index (χ3v) is 2.66. The fraction of sp³-hybridized carbons (Fsp3) is 0.357. The molecule has 0 saturated heterocycles.